The van der Waals surface area contributed by atoms with E-state index in [9.17, 15) is 0 Å². The molecule has 0 aromatic carbocycles. The van der Waals surface area contributed by atoms with E-state index in [4.69, 9.17) is 0 Å². The Hall–Kier alpha value is -0.380. The molecule has 2 heterocycles. The molecule has 1 saturated heterocycles. The Morgan fingerprint density at radius 3 is 3.11 bits per heavy atom. The summed E-state index contributed by atoms with van der Waals surface area (Å²) in [7, 11) is 0. The summed E-state index contributed by atoms with van der Waals surface area (Å²) in [6.45, 7) is 5.91. The van der Waals surface area contributed by atoms with Crippen molar-refractivity contribution in [3.63, 3.8) is 0 Å². The zero-order valence-corrected chi connectivity index (χ0v) is 12.1. The Bertz CT molecular complexity index is 382. The van der Waals surface area contributed by atoms with Gasteiger partial charge in [-0.1, -0.05) is 6.92 Å². The fourth-order valence-electron chi connectivity index (χ4n) is 3.66. The van der Waals surface area contributed by atoms with Crippen molar-refractivity contribution in [2.45, 2.75) is 51.1 Å². The third-order valence-electron chi connectivity index (χ3n) is 4.53. The lowest BCUT2D eigenvalue weighted by Crippen LogP contribution is -2.47. The second-order valence-corrected chi connectivity index (χ2v) is 6.54. The molecular formula is C15H24N2S. The van der Waals surface area contributed by atoms with E-state index < -0.39 is 0 Å². The Labute approximate surface area is 114 Å². The summed E-state index contributed by atoms with van der Waals surface area (Å²) in [5.41, 5.74) is 1.64. The zero-order valence-electron chi connectivity index (χ0n) is 11.3. The number of rotatable bonds is 3. The molecule has 0 amide bonds. The first-order valence-corrected chi connectivity index (χ1v) is 8.31. The SMILES string of the molecule is CCN(C1CCCNC1)C1CCCc2sccc21. The predicted molar refractivity (Wildman–Crippen MR) is 78.3 cm³/mol. The molecule has 0 spiro atoms. The van der Waals surface area contributed by atoms with E-state index in [1.165, 1.54) is 51.7 Å². The molecule has 2 atom stereocenters. The van der Waals surface area contributed by atoms with Gasteiger partial charge in [0.15, 0.2) is 0 Å². The number of thiophene rings is 1. The van der Waals surface area contributed by atoms with Crippen molar-refractivity contribution in [3.8, 4) is 0 Å². The topological polar surface area (TPSA) is 15.3 Å². The molecule has 1 aromatic heterocycles. The van der Waals surface area contributed by atoms with Crippen LogP contribution in [-0.4, -0.2) is 30.6 Å². The van der Waals surface area contributed by atoms with Crippen molar-refractivity contribution < 1.29 is 0 Å². The summed E-state index contributed by atoms with van der Waals surface area (Å²) in [6.07, 6.45) is 6.74. The first-order chi connectivity index (χ1) is 8.90. The standard InChI is InChI=1S/C15H24N2S/c1-2-17(12-5-4-9-16-11-12)14-6-3-7-15-13(14)8-10-18-15/h8,10,12,14,16H,2-7,9,11H2,1H3. The first-order valence-electron chi connectivity index (χ1n) is 7.43. The monoisotopic (exact) mass is 264 g/mol. The van der Waals surface area contributed by atoms with Crippen LogP contribution in [0.3, 0.4) is 0 Å². The Kier molecular flexibility index (Phi) is 4.02. The summed E-state index contributed by atoms with van der Waals surface area (Å²) in [4.78, 5) is 4.41. The highest BCUT2D eigenvalue weighted by Crippen LogP contribution is 2.38. The summed E-state index contributed by atoms with van der Waals surface area (Å²) in [5, 5.41) is 5.86. The first kappa shape index (κ1) is 12.6. The number of likely N-dealkylation sites (N-methyl/N-ethyl adjacent to an activating group) is 1. The zero-order chi connectivity index (χ0) is 12.4. The number of piperidine rings is 1. The van der Waals surface area contributed by atoms with Crippen molar-refractivity contribution in [3.05, 3.63) is 21.9 Å². The van der Waals surface area contributed by atoms with Crippen LogP contribution in [0.25, 0.3) is 0 Å². The van der Waals surface area contributed by atoms with Crippen LogP contribution in [0.2, 0.25) is 0 Å². The molecule has 0 bridgehead atoms. The number of hydrogen-bond donors (Lipinski definition) is 1. The number of nitrogens with one attached hydrogen (secondary N) is 1. The Balaban J connectivity index is 1.80. The summed E-state index contributed by atoms with van der Waals surface area (Å²) >= 11 is 1.96. The van der Waals surface area contributed by atoms with Crippen molar-refractivity contribution in [1.29, 1.82) is 0 Å². The normalized spacial score (nSPS) is 28.3. The van der Waals surface area contributed by atoms with E-state index in [0.717, 1.165) is 6.04 Å². The van der Waals surface area contributed by atoms with E-state index in [2.05, 4.69) is 28.6 Å². The van der Waals surface area contributed by atoms with Gasteiger partial charge in [-0.25, -0.2) is 0 Å². The smallest absolute Gasteiger partial charge is 0.0362 e. The molecule has 1 aromatic rings. The van der Waals surface area contributed by atoms with Gasteiger partial charge >= 0.3 is 0 Å². The maximum atomic E-state index is 3.57. The molecule has 18 heavy (non-hydrogen) atoms. The molecule has 3 rings (SSSR count). The van der Waals surface area contributed by atoms with E-state index in [-0.39, 0.29) is 0 Å². The van der Waals surface area contributed by atoms with Crippen LogP contribution in [0, 0.1) is 0 Å². The van der Waals surface area contributed by atoms with Gasteiger partial charge in [0, 0.05) is 23.5 Å². The van der Waals surface area contributed by atoms with Gasteiger partial charge in [-0.15, -0.1) is 11.3 Å². The number of fused-ring (bicyclic) bond motifs is 1. The number of aryl methyl sites for hydroxylation is 1. The van der Waals surface area contributed by atoms with E-state index in [1.54, 1.807) is 10.4 Å². The van der Waals surface area contributed by atoms with Crippen molar-refractivity contribution in [2.24, 2.45) is 0 Å². The van der Waals surface area contributed by atoms with Crippen molar-refractivity contribution in [2.75, 3.05) is 19.6 Å². The van der Waals surface area contributed by atoms with Crippen LogP contribution in [0.5, 0.6) is 0 Å². The predicted octanol–water partition coefficient (Wildman–Crippen LogP) is 3.20. The second kappa shape index (κ2) is 5.72. The van der Waals surface area contributed by atoms with Gasteiger partial charge in [0.25, 0.3) is 0 Å². The van der Waals surface area contributed by atoms with Gasteiger partial charge in [-0.3, -0.25) is 4.90 Å². The molecule has 2 unspecified atom stereocenters. The van der Waals surface area contributed by atoms with Gasteiger partial charge in [0.2, 0.25) is 0 Å². The molecule has 2 aliphatic rings. The average molecular weight is 264 g/mol. The maximum Gasteiger partial charge on any atom is 0.0362 e. The van der Waals surface area contributed by atoms with E-state index in [0.29, 0.717) is 6.04 Å². The van der Waals surface area contributed by atoms with Crippen molar-refractivity contribution >= 4 is 11.3 Å². The van der Waals surface area contributed by atoms with Crippen LogP contribution < -0.4 is 5.32 Å². The third kappa shape index (κ3) is 2.36. The van der Waals surface area contributed by atoms with Crippen LogP contribution in [-0.2, 0) is 6.42 Å². The maximum absolute atomic E-state index is 3.57. The van der Waals surface area contributed by atoms with E-state index in [1.807, 2.05) is 11.3 Å². The van der Waals surface area contributed by atoms with E-state index >= 15 is 0 Å². The van der Waals surface area contributed by atoms with Crippen LogP contribution in [0.1, 0.15) is 49.1 Å². The molecule has 1 N–H and O–H groups in total. The van der Waals surface area contributed by atoms with Gasteiger partial charge in [0.05, 0.1) is 0 Å². The third-order valence-corrected chi connectivity index (χ3v) is 5.52. The van der Waals surface area contributed by atoms with Gasteiger partial charge < -0.3 is 5.32 Å². The molecule has 3 heteroatoms. The lowest BCUT2D eigenvalue weighted by Gasteiger charge is -2.41. The van der Waals surface area contributed by atoms with Crippen LogP contribution >= 0.6 is 11.3 Å². The minimum Gasteiger partial charge on any atom is -0.315 e. The highest BCUT2D eigenvalue weighted by atomic mass is 32.1. The molecule has 1 fully saturated rings. The summed E-state index contributed by atoms with van der Waals surface area (Å²) in [6, 6.07) is 3.82. The summed E-state index contributed by atoms with van der Waals surface area (Å²) in [5.74, 6) is 0. The average Bonchev–Trinajstić information content (AvgIpc) is 2.90. The lowest BCUT2D eigenvalue weighted by atomic mass is 9.90. The molecule has 0 saturated carbocycles. The molecule has 0 radical (unpaired) electrons. The lowest BCUT2D eigenvalue weighted by molar-refractivity contribution is 0.108. The quantitative estimate of drug-likeness (QED) is 0.902. The van der Waals surface area contributed by atoms with Crippen LogP contribution in [0.4, 0.5) is 0 Å². The molecule has 1 aliphatic heterocycles. The largest absolute Gasteiger partial charge is 0.315 e. The molecular weight excluding hydrogens is 240 g/mol. The highest BCUT2D eigenvalue weighted by molar-refractivity contribution is 7.10. The second-order valence-electron chi connectivity index (χ2n) is 5.54. The van der Waals surface area contributed by atoms with Crippen LogP contribution in [0.15, 0.2) is 11.4 Å². The molecule has 100 valence electrons. The fraction of sp³-hybridized carbons (Fsp3) is 0.733. The Morgan fingerprint density at radius 2 is 2.33 bits per heavy atom. The molecule has 1 aliphatic carbocycles. The minimum atomic E-state index is 0.690. The molecule has 2 nitrogen and oxygen atoms in total. The van der Waals surface area contributed by atoms with Gasteiger partial charge in [0.1, 0.15) is 0 Å². The van der Waals surface area contributed by atoms with Crippen molar-refractivity contribution in [1.82, 2.24) is 10.2 Å². The number of hydrogen-bond acceptors (Lipinski definition) is 3. The highest BCUT2D eigenvalue weighted by Gasteiger charge is 2.30. The summed E-state index contributed by atoms with van der Waals surface area (Å²) < 4.78 is 0. The van der Waals surface area contributed by atoms with Gasteiger partial charge in [-0.05, 0) is 62.2 Å². The van der Waals surface area contributed by atoms with Gasteiger partial charge in [-0.2, -0.15) is 0 Å². The fourth-order valence-corrected chi connectivity index (χ4v) is 4.64. The minimum absolute atomic E-state index is 0.690. The Morgan fingerprint density at radius 1 is 1.39 bits per heavy atom. The number of nitrogens with zero attached hydrogens (tertiary/aromatic N) is 1.